The van der Waals surface area contributed by atoms with Gasteiger partial charge >= 0.3 is 0 Å². The molecule has 5 heteroatoms. The fourth-order valence-corrected chi connectivity index (χ4v) is 3.94. The third kappa shape index (κ3) is 3.41. The maximum Gasteiger partial charge on any atom is 0.223 e. The number of likely N-dealkylation sites (tertiary alicyclic amines) is 1. The fourth-order valence-electron chi connectivity index (χ4n) is 3.94. The minimum atomic E-state index is -0.333. The number of piperidine rings is 1. The van der Waals surface area contributed by atoms with E-state index in [4.69, 9.17) is 0 Å². The van der Waals surface area contributed by atoms with E-state index in [1.54, 1.807) is 6.20 Å². The van der Waals surface area contributed by atoms with Gasteiger partial charge in [-0.2, -0.15) is 0 Å². The smallest absolute Gasteiger partial charge is 0.223 e. The van der Waals surface area contributed by atoms with E-state index in [1.165, 1.54) is 30.7 Å². The number of amides is 1. The molecular formula is C20H22FN3O. The van der Waals surface area contributed by atoms with E-state index in [0.717, 1.165) is 31.5 Å². The maximum absolute atomic E-state index is 13.4. The Labute approximate surface area is 147 Å². The molecule has 2 aliphatic rings. The molecular weight excluding hydrogens is 317 g/mol. The Hall–Kier alpha value is -2.30. The first-order valence-electron chi connectivity index (χ1n) is 8.95. The summed E-state index contributed by atoms with van der Waals surface area (Å²) < 4.78 is 13.4. The summed E-state index contributed by atoms with van der Waals surface area (Å²) in [4.78, 5) is 22.5. The van der Waals surface area contributed by atoms with Crippen molar-refractivity contribution in [2.24, 2.45) is 0 Å². The molecule has 0 spiro atoms. The molecule has 1 atom stereocenters. The predicted octanol–water partition coefficient (Wildman–Crippen LogP) is 3.44. The molecule has 3 heterocycles. The zero-order chi connectivity index (χ0) is 17.3. The second-order valence-electron chi connectivity index (χ2n) is 7.27. The molecule has 1 saturated heterocycles. The van der Waals surface area contributed by atoms with Crippen LogP contribution in [-0.4, -0.2) is 33.9 Å². The number of hydrogen-bond acceptors (Lipinski definition) is 3. The number of carbonyl (C=O) groups is 1. The third-order valence-corrected chi connectivity index (χ3v) is 5.73. The molecule has 1 saturated carbocycles. The van der Waals surface area contributed by atoms with Crippen molar-refractivity contribution in [2.45, 2.75) is 43.4 Å². The number of aromatic nitrogens is 2. The average molecular weight is 339 g/mol. The topological polar surface area (TPSA) is 46.1 Å². The highest BCUT2D eigenvalue weighted by Crippen LogP contribution is 2.51. The molecule has 4 nitrogen and oxygen atoms in total. The van der Waals surface area contributed by atoms with E-state index >= 15 is 0 Å². The number of halogens is 1. The summed E-state index contributed by atoms with van der Waals surface area (Å²) in [6.07, 6.45) is 11.3. The van der Waals surface area contributed by atoms with Crippen LogP contribution in [0.3, 0.4) is 0 Å². The lowest BCUT2D eigenvalue weighted by atomic mass is 9.88. The van der Waals surface area contributed by atoms with E-state index < -0.39 is 0 Å². The summed E-state index contributed by atoms with van der Waals surface area (Å²) >= 11 is 0. The van der Waals surface area contributed by atoms with Crippen LogP contribution in [0.2, 0.25) is 0 Å². The molecule has 0 aromatic carbocycles. The molecule has 1 aliphatic heterocycles. The van der Waals surface area contributed by atoms with Gasteiger partial charge in [-0.15, -0.1) is 0 Å². The highest BCUT2D eigenvalue weighted by molar-refractivity contribution is 5.78. The van der Waals surface area contributed by atoms with Crippen molar-refractivity contribution in [3.8, 4) is 0 Å². The first-order chi connectivity index (χ1) is 12.2. The number of rotatable bonds is 5. The lowest BCUT2D eigenvalue weighted by Gasteiger charge is -2.33. The van der Waals surface area contributed by atoms with E-state index in [2.05, 4.69) is 22.1 Å². The molecule has 0 N–H and O–H groups in total. The van der Waals surface area contributed by atoms with Crippen molar-refractivity contribution in [2.75, 3.05) is 13.1 Å². The van der Waals surface area contributed by atoms with Gasteiger partial charge in [-0.3, -0.25) is 14.8 Å². The summed E-state index contributed by atoms with van der Waals surface area (Å²) in [5.74, 6) is -0.0755. The summed E-state index contributed by atoms with van der Waals surface area (Å²) in [5, 5.41) is 0. The third-order valence-electron chi connectivity index (χ3n) is 5.73. The van der Waals surface area contributed by atoms with Crippen molar-refractivity contribution in [1.29, 1.82) is 0 Å². The normalized spacial score (nSPS) is 22.0. The lowest BCUT2D eigenvalue weighted by molar-refractivity contribution is -0.134. The Morgan fingerprint density at radius 3 is 2.68 bits per heavy atom. The monoisotopic (exact) mass is 339 g/mol. The van der Waals surface area contributed by atoms with Gasteiger partial charge in [-0.25, -0.2) is 4.39 Å². The van der Waals surface area contributed by atoms with Crippen LogP contribution in [0.1, 0.15) is 49.1 Å². The summed E-state index contributed by atoms with van der Waals surface area (Å²) in [6, 6.07) is 5.69. The summed E-state index contributed by atoms with van der Waals surface area (Å²) in [7, 11) is 0. The molecule has 2 fully saturated rings. The average Bonchev–Trinajstić information content (AvgIpc) is 3.43. The Kier molecular flexibility index (Phi) is 4.24. The molecule has 4 rings (SSSR count). The van der Waals surface area contributed by atoms with E-state index in [0.29, 0.717) is 6.42 Å². The minimum absolute atomic E-state index is 0.0852. The molecule has 1 amide bonds. The SMILES string of the molecule is O=C1CC(c2cncc(F)c2)CCN1CCC1(c2ccncc2)CC1. The molecule has 130 valence electrons. The van der Waals surface area contributed by atoms with Gasteiger partial charge in [-0.05, 0) is 66.3 Å². The second kappa shape index (κ2) is 6.54. The Balaban J connectivity index is 1.36. The van der Waals surface area contributed by atoms with Crippen LogP contribution in [0, 0.1) is 5.82 Å². The van der Waals surface area contributed by atoms with Gasteiger partial charge in [0.25, 0.3) is 0 Å². The molecule has 0 radical (unpaired) electrons. The van der Waals surface area contributed by atoms with Crippen molar-refractivity contribution in [3.63, 3.8) is 0 Å². The van der Waals surface area contributed by atoms with E-state index in [9.17, 15) is 9.18 Å². The van der Waals surface area contributed by atoms with Crippen molar-refractivity contribution < 1.29 is 9.18 Å². The quantitative estimate of drug-likeness (QED) is 0.838. The van der Waals surface area contributed by atoms with Crippen LogP contribution in [0.5, 0.6) is 0 Å². The van der Waals surface area contributed by atoms with Crippen molar-refractivity contribution in [1.82, 2.24) is 14.9 Å². The fraction of sp³-hybridized carbons (Fsp3) is 0.450. The maximum atomic E-state index is 13.4. The lowest BCUT2D eigenvalue weighted by Crippen LogP contribution is -2.39. The van der Waals surface area contributed by atoms with E-state index in [-0.39, 0.29) is 23.1 Å². The number of pyridine rings is 2. The number of nitrogens with zero attached hydrogens (tertiary/aromatic N) is 3. The van der Waals surface area contributed by atoms with Gasteiger partial charge in [0.05, 0.1) is 6.20 Å². The zero-order valence-corrected chi connectivity index (χ0v) is 14.2. The van der Waals surface area contributed by atoms with Gasteiger partial charge in [0.1, 0.15) is 5.82 Å². The number of carbonyl (C=O) groups excluding carboxylic acids is 1. The zero-order valence-electron chi connectivity index (χ0n) is 14.2. The van der Waals surface area contributed by atoms with Crippen LogP contribution < -0.4 is 0 Å². The van der Waals surface area contributed by atoms with Gasteiger partial charge in [0.2, 0.25) is 5.91 Å². The Bertz CT molecular complexity index is 761. The Morgan fingerprint density at radius 2 is 2.00 bits per heavy atom. The van der Waals surface area contributed by atoms with Gasteiger partial charge < -0.3 is 4.90 Å². The molecule has 1 aliphatic carbocycles. The first kappa shape index (κ1) is 16.2. The van der Waals surface area contributed by atoms with Crippen LogP contribution in [-0.2, 0) is 10.2 Å². The van der Waals surface area contributed by atoms with Crippen molar-refractivity contribution in [3.05, 3.63) is 59.9 Å². The van der Waals surface area contributed by atoms with Crippen LogP contribution in [0.4, 0.5) is 4.39 Å². The highest BCUT2D eigenvalue weighted by atomic mass is 19.1. The van der Waals surface area contributed by atoms with Crippen molar-refractivity contribution >= 4 is 5.91 Å². The van der Waals surface area contributed by atoms with Gasteiger partial charge in [0.15, 0.2) is 0 Å². The molecule has 2 aromatic heterocycles. The number of hydrogen-bond donors (Lipinski definition) is 0. The molecule has 0 bridgehead atoms. The van der Waals surface area contributed by atoms with Crippen LogP contribution >= 0.6 is 0 Å². The summed E-state index contributed by atoms with van der Waals surface area (Å²) in [6.45, 7) is 1.54. The largest absolute Gasteiger partial charge is 0.343 e. The molecule has 25 heavy (non-hydrogen) atoms. The predicted molar refractivity (Wildman–Crippen MR) is 92.5 cm³/mol. The molecule has 2 aromatic rings. The standard InChI is InChI=1S/C20H22FN3O/c21-18-11-16(13-23-14-18)15-3-9-24(19(25)12-15)10-6-20(4-5-20)17-1-7-22-8-2-17/h1-2,7-8,11,13-15H,3-6,9-10,12H2. The van der Waals surface area contributed by atoms with Gasteiger partial charge in [0, 0.05) is 38.1 Å². The van der Waals surface area contributed by atoms with E-state index in [1.807, 2.05) is 17.3 Å². The van der Waals surface area contributed by atoms with Crippen LogP contribution in [0.15, 0.2) is 43.0 Å². The first-order valence-corrected chi connectivity index (χ1v) is 8.95. The van der Waals surface area contributed by atoms with Crippen LogP contribution in [0.25, 0.3) is 0 Å². The minimum Gasteiger partial charge on any atom is -0.343 e. The molecule has 1 unspecified atom stereocenters. The highest BCUT2D eigenvalue weighted by Gasteiger charge is 2.44. The van der Waals surface area contributed by atoms with Gasteiger partial charge in [-0.1, -0.05) is 0 Å². The second-order valence-corrected chi connectivity index (χ2v) is 7.27. The summed E-state index contributed by atoms with van der Waals surface area (Å²) in [5.41, 5.74) is 2.42. The Morgan fingerprint density at radius 1 is 1.20 bits per heavy atom.